The molecule has 17 heavy (non-hydrogen) atoms. The fourth-order valence-corrected chi connectivity index (χ4v) is 1.38. The molecule has 0 bridgehead atoms. The lowest BCUT2D eigenvalue weighted by atomic mass is 10.0. The molecule has 1 heterocycles. The van der Waals surface area contributed by atoms with E-state index in [1.807, 2.05) is 0 Å². The summed E-state index contributed by atoms with van der Waals surface area (Å²) in [6.07, 6.45) is -0.857. The van der Waals surface area contributed by atoms with Crippen LogP contribution in [0.15, 0.2) is 18.3 Å². The van der Waals surface area contributed by atoms with Crippen molar-refractivity contribution in [2.45, 2.75) is 25.6 Å². The quantitative estimate of drug-likeness (QED) is 0.641. The Kier molecular flexibility index (Phi) is 4.99. The van der Waals surface area contributed by atoms with Gasteiger partial charge in [-0.3, -0.25) is 4.79 Å². The van der Waals surface area contributed by atoms with Gasteiger partial charge in [-0.15, -0.1) is 0 Å². The molecule has 0 radical (unpaired) electrons. The normalized spacial score (nSPS) is 14.1. The Hall–Kier alpha value is -1.53. The third kappa shape index (κ3) is 4.46. The molecule has 0 aliphatic carbocycles. The van der Waals surface area contributed by atoms with E-state index in [9.17, 15) is 19.4 Å². The number of nitrogens with one attached hydrogen (secondary N) is 1. The van der Waals surface area contributed by atoms with E-state index < -0.39 is 18.2 Å². The van der Waals surface area contributed by atoms with Crippen molar-refractivity contribution in [1.82, 2.24) is 10.3 Å². The number of pyridine rings is 1. The number of aliphatic hydroxyl groups excluding tert-OH is 2. The molecule has 1 rings (SSSR count). The molecule has 0 fully saturated rings. The van der Waals surface area contributed by atoms with Crippen LogP contribution in [-0.4, -0.2) is 33.8 Å². The second-order valence-electron chi connectivity index (χ2n) is 3.70. The number of carbonyl (C=O) groups is 1. The van der Waals surface area contributed by atoms with Crippen molar-refractivity contribution >= 4 is 5.91 Å². The highest BCUT2D eigenvalue weighted by Gasteiger charge is 2.18. The van der Waals surface area contributed by atoms with Crippen molar-refractivity contribution in [3.63, 3.8) is 0 Å². The summed E-state index contributed by atoms with van der Waals surface area (Å²) in [6.45, 7) is 1.61. The number of carbonyl (C=O) groups excluding carboxylic acids is 1. The topological polar surface area (TPSA) is 82.5 Å². The van der Waals surface area contributed by atoms with Crippen molar-refractivity contribution in [3.8, 4) is 0 Å². The first kappa shape index (κ1) is 13.5. The zero-order valence-electron chi connectivity index (χ0n) is 9.43. The number of nitrogens with zero attached hydrogens (tertiary/aromatic N) is 1. The molecule has 0 aliphatic rings. The molecule has 1 amide bonds. The van der Waals surface area contributed by atoms with Gasteiger partial charge >= 0.3 is 0 Å². The molecule has 0 spiro atoms. The molecule has 1 aromatic rings. The van der Waals surface area contributed by atoms with Gasteiger partial charge in [0.05, 0.1) is 6.10 Å². The second kappa shape index (κ2) is 6.27. The van der Waals surface area contributed by atoms with Gasteiger partial charge in [0, 0.05) is 19.7 Å². The van der Waals surface area contributed by atoms with Crippen LogP contribution in [0.4, 0.5) is 4.39 Å². The smallest absolute Gasteiger partial charge is 0.216 e. The predicted molar refractivity (Wildman–Crippen MR) is 58.5 cm³/mol. The zero-order valence-corrected chi connectivity index (χ0v) is 9.43. The summed E-state index contributed by atoms with van der Waals surface area (Å²) in [4.78, 5) is 13.9. The third-order valence-electron chi connectivity index (χ3n) is 2.27. The average molecular weight is 242 g/mol. The molecule has 94 valence electrons. The van der Waals surface area contributed by atoms with E-state index in [0.29, 0.717) is 0 Å². The Morgan fingerprint density at radius 3 is 2.88 bits per heavy atom. The summed E-state index contributed by atoms with van der Waals surface area (Å²) in [5.41, 5.74) is 0.257. The van der Waals surface area contributed by atoms with Gasteiger partial charge in [-0.05, 0) is 24.1 Å². The minimum atomic E-state index is -1.19. The molecule has 2 atom stereocenters. The van der Waals surface area contributed by atoms with Crippen molar-refractivity contribution in [1.29, 1.82) is 0 Å². The maximum absolute atomic E-state index is 12.8. The van der Waals surface area contributed by atoms with Crippen LogP contribution in [0, 0.1) is 5.95 Å². The predicted octanol–water partition coefficient (Wildman–Crippen LogP) is 0.141. The molecule has 0 aromatic carbocycles. The van der Waals surface area contributed by atoms with Crippen LogP contribution >= 0.6 is 0 Å². The first-order valence-corrected chi connectivity index (χ1v) is 5.22. The van der Waals surface area contributed by atoms with Crippen LogP contribution in [0.5, 0.6) is 0 Å². The van der Waals surface area contributed by atoms with E-state index in [1.165, 1.54) is 19.2 Å². The highest BCUT2D eigenvalue weighted by molar-refractivity contribution is 5.72. The van der Waals surface area contributed by atoms with Gasteiger partial charge in [-0.25, -0.2) is 4.98 Å². The highest BCUT2D eigenvalue weighted by Crippen LogP contribution is 2.18. The SMILES string of the molecule is CC(=O)NCCC(O)C(O)c1ccnc(F)c1. The van der Waals surface area contributed by atoms with Crippen molar-refractivity contribution in [2.75, 3.05) is 6.54 Å². The van der Waals surface area contributed by atoms with E-state index in [1.54, 1.807) is 0 Å². The molecular weight excluding hydrogens is 227 g/mol. The van der Waals surface area contributed by atoms with Gasteiger partial charge in [0.25, 0.3) is 0 Å². The molecule has 2 unspecified atom stereocenters. The average Bonchev–Trinajstić information content (AvgIpc) is 2.27. The zero-order chi connectivity index (χ0) is 12.8. The van der Waals surface area contributed by atoms with Crippen molar-refractivity contribution in [2.24, 2.45) is 0 Å². The van der Waals surface area contributed by atoms with Crippen LogP contribution in [-0.2, 0) is 4.79 Å². The third-order valence-corrected chi connectivity index (χ3v) is 2.27. The molecule has 0 saturated heterocycles. The van der Waals surface area contributed by atoms with Gasteiger partial charge in [-0.2, -0.15) is 4.39 Å². The number of halogens is 1. The van der Waals surface area contributed by atoms with Crippen LogP contribution < -0.4 is 5.32 Å². The summed E-state index contributed by atoms with van der Waals surface area (Å²) >= 11 is 0. The van der Waals surface area contributed by atoms with Crippen LogP contribution in [0.1, 0.15) is 25.0 Å². The first-order chi connectivity index (χ1) is 8.00. The molecule has 6 heteroatoms. The first-order valence-electron chi connectivity index (χ1n) is 5.22. The number of hydrogen-bond donors (Lipinski definition) is 3. The van der Waals surface area contributed by atoms with Crippen molar-refractivity contribution in [3.05, 3.63) is 29.8 Å². The van der Waals surface area contributed by atoms with Crippen LogP contribution in [0.2, 0.25) is 0 Å². The minimum absolute atomic E-state index is 0.185. The van der Waals surface area contributed by atoms with E-state index in [0.717, 1.165) is 6.07 Å². The van der Waals surface area contributed by atoms with E-state index in [2.05, 4.69) is 10.3 Å². The van der Waals surface area contributed by atoms with Gasteiger partial charge in [-0.1, -0.05) is 0 Å². The van der Waals surface area contributed by atoms with Crippen molar-refractivity contribution < 1.29 is 19.4 Å². The lowest BCUT2D eigenvalue weighted by Crippen LogP contribution is -2.27. The number of aromatic nitrogens is 1. The number of aliphatic hydroxyl groups is 2. The summed E-state index contributed by atoms with van der Waals surface area (Å²) in [5.74, 6) is -0.919. The number of amides is 1. The lowest BCUT2D eigenvalue weighted by molar-refractivity contribution is -0.119. The Morgan fingerprint density at radius 2 is 2.29 bits per heavy atom. The summed E-state index contributed by atoms with van der Waals surface area (Å²) in [5, 5.41) is 21.8. The largest absolute Gasteiger partial charge is 0.390 e. The van der Waals surface area contributed by atoms with Gasteiger partial charge in [0.15, 0.2) is 0 Å². The number of hydrogen-bond acceptors (Lipinski definition) is 4. The van der Waals surface area contributed by atoms with Crippen LogP contribution in [0.3, 0.4) is 0 Å². The lowest BCUT2D eigenvalue weighted by Gasteiger charge is -2.18. The Balaban J connectivity index is 2.51. The highest BCUT2D eigenvalue weighted by atomic mass is 19.1. The van der Waals surface area contributed by atoms with Crippen LogP contribution in [0.25, 0.3) is 0 Å². The summed E-state index contributed by atoms with van der Waals surface area (Å²) in [7, 11) is 0. The molecule has 0 aliphatic heterocycles. The minimum Gasteiger partial charge on any atom is -0.390 e. The Labute approximate surface area is 98.3 Å². The molecule has 1 aromatic heterocycles. The molecule has 0 saturated carbocycles. The fraction of sp³-hybridized carbons (Fsp3) is 0.455. The van der Waals surface area contributed by atoms with Gasteiger partial charge < -0.3 is 15.5 Å². The van der Waals surface area contributed by atoms with Gasteiger partial charge in [0.2, 0.25) is 11.9 Å². The fourth-order valence-electron chi connectivity index (χ4n) is 1.38. The summed E-state index contributed by atoms with van der Waals surface area (Å²) in [6, 6.07) is 2.49. The second-order valence-corrected chi connectivity index (χ2v) is 3.70. The monoisotopic (exact) mass is 242 g/mol. The molecule has 5 nitrogen and oxygen atoms in total. The van der Waals surface area contributed by atoms with E-state index in [4.69, 9.17) is 0 Å². The van der Waals surface area contributed by atoms with E-state index >= 15 is 0 Å². The maximum atomic E-state index is 12.8. The van der Waals surface area contributed by atoms with E-state index in [-0.39, 0.29) is 24.4 Å². The number of rotatable bonds is 5. The Morgan fingerprint density at radius 1 is 1.59 bits per heavy atom. The Bertz CT molecular complexity index is 387. The summed E-state index contributed by atoms with van der Waals surface area (Å²) < 4.78 is 12.8. The maximum Gasteiger partial charge on any atom is 0.216 e. The standard InChI is InChI=1S/C11H15FN2O3/c1-7(15)13-5-3-9(16)11(17)8-2-4-14-10(12)6-8/h2,4,6,9,11,16-17H,3,5H2,1H3,(H,13,15). The van der Waals surface area contributed by atoms with Gasteiger partial charge in [0.1, 0.15) is 6.10 Å². The molecule has 3 N–H and O–H groups in total. The molecular formula is C11H15FN2O3.